The highest BCUT2D eigenvalue weighted by Gasteiger charge is 2.17. The molecule has 0 heterocycles. The lowest BCUT2D eigenvalue weighted by Crippen LogP contribution is -2.27. The van der Waals surface area contributed by atoms with E-state index >= 15 is 0 Å². The molecule has 0 unspecified atom stereocenters. The van der Waals surface area contributed by atoms with Gasteiger partial charge in [0, 0.05) is 6.54 Å². The second-order valence-corrected chi connectivity index (χ2v) is 5.37. The molecule has 18 heavy (non-hydrogen) atoms. The molecular formula is C11H12N2O4S. The van der Waals surface area contributed by atoms with Crippen molar-refractivity contribution in [1.82, 2.24) is 4.72 Å². The third-order valence-electron chi connectivity index (χ3n) is 2.24. The van der Waals surface area contributed by atoms with E-state index in [0.29, 0.717) is 5.56 Å². The smallest absolute Gasteiger partial charge is 0.304 e. The van der Waals surface area contributed by atoms with Gasteiger partial charge in [-0.3, -0.25) is 4.79 Å². The van der Waals surface area contributed by atoms with E-state index in [1.165, 1.54) is 18.2 Å². The van der Waals surface area contributed by atoms with Crippen molar-refractivity contribution in [3.8, 4) is 6.07 Å². The molecule has 0 bridgehead atoms. The summed E-state index contributed by atoms with van der Waals surface area (Å²) in [5.41, 5.74) is 0.732. The molecule has 1 aromatic carbocycles. The van der Waals surface area contributed by atoms with Gasteiger partial charge in [-0.2, -0.15) is 5.26 Å². The number of carbonyl (C=O) groups is 1. The van der Waals surface area contributed by atoms with Gasteiger partial charge in [-0.15, -0.1) is 0 Å². The first kappa shape index (κ1) is 14.2. The van der Waals surface area contributed by atoms with Crippen LogP contribution in [0.5, 0.6) is 0 Å². The molecule has 96 valence electrons. The van der Waals surface area contributed by atoms with Gasteiger partial charge in [-0.05, 0) is 24.6 Å². The summed E-state index contributed by atoms with van der Waals surface area (Å²) < 4.78 is 26.0. The molecule has 0 atom stereocenters. The number of hydrogen-bond acceptors (Lipinski definition) is 4. The third-order valence-corrected chi connectivity index (χ3v) is 3.84. The van der Waals surface area contributed by atoms with Crippen molar-refractivity contribution in [1.29, 1.82) is 5.26 Å². The Bertz CT molecular complexity index is 602. The van der Waals surface area contributed by atoms with Crippen molar-refractivity contribution in [3.63, 3.8) is 0 Å². The molecule has 0 saturated carbocycles. The van der Waals surface area contributed by atoms with Crippen LogP contribution in [0.15, 0.2) is 23.1 Å². The SMILES string of the molecule is Cc1ccc(C#N)cc1S(=O)(=O)NCCC(=O)O. The molecule has 0 fully saturated rings. The van der Waals surface area contributed by atoms with E-state index in [2.05, 4.69) is 4.72 Å². The molecule has 0 aliphatic rings. The van der Waals surface area contributed by atoms with Crippen molar-refractivity contribution >= 4 is 16.0 Å². The Balaban J connectivity index is 2.98. The van der Waals surface area contributed by atoms with Crippen LogP contribution in [0.3, 0.4) is 0 Å². The standard InChI is InChI=1S/C11H12N2O4S/c1-8-2-3-9(7-12)6-10(8)18(16,17)13-5-4-11(14)15/h2-3,6,13H,4-5H2,1H3,(H,14,15). The second-order valence-electron chi connectivity index (χ2n) is 3.63. The molecule has 7 heteroatoms. The molecule has 0 spiro atoms. The van der Waals surface area contributed by atoms with Gasteiger partial charge in [0.1, 0.15) is 0 Å². The average Bonchev–Trinajstić information content (AvgIpc) is 2.28. The number of sulfonamides is 1. The fourth-order valence-electron chi connectivity index (χ4n) is 1.33. The molecular weight excluding hydrogens is 256 g/mol. The van der Waals surface area contributed by atoms with E-state index in [-0.39, 0.29) is 23.4 Å². The minimum atomic E-state index is -3.78. The summed E-state index contributed by atoms with van der Waals surface area (Å²) in [6.45, 7) is 1.42. The topological polar surface area (TPSA) is 107 Å². The highest BCUT2D eigenvalue weighted by Crippen LogP contribution is 2.16. The number of nitrogens with one attached hydrogen (secondary N) is 1. The molecule has 0 saturated heterocycles. The Morgan fingerprint density at radius 3 is 2.72 bits per heavy atom. The number of rotatable bonds is 5. The van der Waals surface area contributed by atoms with Gasteiger partial charge in [0.25, 0.3) is 0 Å². The van der Waals surface area contributed by atoms with E-state index in [1.807, 2.05) is 6.07 Å². The van der Waals surface area contributed by atoms with Gasteiger partial charge in [0.05, 0.1) is 22.9 Å². The van der Waals surface area contributed by atoms with Crippen LogP contribution in [-0.4, -0.2) is 26.0 Å². The molecule has 2 N–H and O–H groups in total. The van der Waals surface area contributed by atoms with Crippen LogP contribution in [0.2, 0.25) is 0 Å². The predicted octanol–water partition coefficient (Wildman–Crippen LogP) is 0.620. The lowest BCUT2D eigenvalue weighted by atomic mass is 10.2. The van der Waals surface area contributed by atoms with Gasteiger partial charge >= 0.3 is 5.97 Å². The number of nitrogens with zero attached hydrogens (tertiary/aromatic N) is 1. The van der Waals surface area contributed by atoms with Crippen molar-refractivity contribution in [2.45, 2.75) is 18.2 Å². The first-order chi connectivity index (χ1) is 8.36. The molecule has 0 aliphatic carbocycles. The summed E-state index contributed by atoms with van der Waals surface area (Å²) in [7, 11) is -3.78. The van der Waals surface area contributed by atoms with Gasteiger partial charge in [-0.1, -0.05) is 6.07 Å². The van der Waals surface area contributed by atoms with Crippen molar-refractivity contribution in [2.75, 3.05) is 6.54 Å². The fourth-order valence-corrected chi connectivity index (χ4v) is 2.63. The summed E-state index contributed by atoms with van der Waals surface area (Å²) >= 11 is 0. The predicted molar refractivity (Wildman–Crippen MR) is 63.3 cm³/mol. The Labute approximate surface area is 105 Å². The highest BCUT2D eigenvalue weighted by atomic mass is 32.2. The maximum absolute atomic E-state index is 11.9. The zero-order valence-corrected chi connectivity index (χ0v) is 10.5. The lowest BCUT2D eigenvalue weighted by molar-refractivity contribution is -0.136. The monoisotopic (exact) mass is 268 g/mol. The first-order valence-electron chi connectivity index (χ1n) is 5.09. The van der Waals surface area contributed by atoms with Crippen molar-refractivity contribution in [3.05, 3.63) is 29.3 Å². The molecule has 1 aromatic rings. The maximum atomic E-state index is 11.9. The molecule has 0 aliphatic heterocycles. The normalized spacial score (nSPS) is 10.9. The molecule has 0 amide bonds. The highest BCUT2D eigenvalue weighted by molar-refractivity contribution is 7.89. The van der Waals surface area contributed by atoms with Crippen LogP contribution in [-0.2, 0) is 14.8 Å². The van der Waals surface area contributed by atoms with Crippen LogP contribution in [0, 0.1) is 18.3 Å². The Morgan fingerprint density at radius 2 is 2.17 bits per heavy atom. The van der Waals surface area contributed by atoms with E-state index in [4.69, 9.17) is 10.4 Å². The van der Waals surface area contributed by atoms with Crippen LogP contribution in [0.4, 0.5) is 0 Å². The summed E-state index contributed by atoms with van der Waals surface area (Å²) in [6.07, 6.45) is -0.295. The van der Waals surface area contributed by atoms with Crippen molar-refractivity contribution < 1.29 is 18.3 Å². The summed E-state index contributed by atoms with van der Waals surface area (Å²) in [6, 6.07) is 6.17. The van der Waals surface area contributed by atoms with E-state index < -0.39 is 16.0 Å². The summed E-state index contributed by atoms with van der Waals surface area (Å²) in [5, 5.41) is 17.2. The Kier molecular flexibility index (Phi) is 4.42. The summed E-state index contributed by atoms with van der Waals surface area (Å²) in [5.74, 6) is -1.08. The molecule has 0 radical (unpaired) electrons. The Hall–Kier alpha value is -1.91. The quantitative estimate of drug-likeness (QED) is 0.814. The largest absolute Gasteiger partial charge is 0.481 e. The molecule has 1 rings (SSSR count). The Morgan fingerprint density at radius 1 is 1.50 bits per heavy atom. The number of nitriles is 1. The van der Waals surface area contributed by atoms with E-state index in [0.717, 1.165) is 0 Å². The number of benzene rings is 1. The number of aryl methyl sites for hydroxylation is 1. The second kappa shape index (κ2) is 5.62. The average molecular weight is 268 g/mol. The number of carboxylic acid groups (broad SMARTS) is 1. The molecule has 6 nitrogen and oxygen atoms in total. The minimum absolute atomic E-state index is 0.00746. The number of carboxylic acids is 1. The maximum Gasteiger partial charge on any atom is 0.304 e. The lowest BCUT2D eigenvalue weighted by Gasteiger charge is -2.08. The first-order valence-corrected chi connectivity index (χ1v) is 6.57. The van der Waals surface area contributed by atoms with Crippen molar-refractivity contribution in [2.24, 2.45) is 0 Å². The van der Waals surface area contributed by atoms with Gasteiger partial charge in [-0.25, -0.2) is 13.1 Å². The fraction of sp³-hybridized carbons (Fsp3) is 0.273. The third kappa shape index (κ3) is 3.55. The summed E-state index contributed by atoms with van der Waals surface area (Å²) in [4.78, 5) is 10.3. The minimum Gasteiger partial charge on any atom is -0.481 e. The number of hydrogen-bond donors (Lipinski definition) is 2. The number of aliphatic carboxylic acids is 1. The van der Waals surface area contributed by atoms with Crippen LogP contribution in [0.1, 0.15) is 17.5 Å². The van der Waals surface area contributed by atoms with Gasteiger partial charge in [0.2, 0.25) is 10.0 Å². The van der Waals surface area contributed by atoms with Gasteiger partial charge in [0.15, 0.2) is 0 Å². The zero-order valence-electron chi connectivity index (χ0n) is 9.67. The van der Waals surface area contributed by atoms with E-state index in [1.54, 1.807) is 6.92 Å². The zero-order chi connectivity index (χ0) is 13.8. The van der Waals surface area contributed by atoms with E-state index in [9.17, 15) is 13.2 Å². The van der Waals surface area contributed by atoms with Crippen LogP contribution in [0.25, 0.3) is 0 Å². The van der Waals surface area contributed by atoms with Crippen LogP contribution >= 0.6 is 0 Å². The van der Waals surface area contributed by atoms with Gasteiger partial charge < -0.3 is 5.11 Å². The molecule has 0 aromatic heterocycles. The van der Waals surface area contributed by atoms with Crippen LogP contribution < -0.4 is 4.72 Å².